The molecule has 8 nitrogen and oxygen atoms in total. The average Bonchev–Trinajstić information content (AvgIpc) is 3.44. The van der Waals surface area contributed by atoms with Crippen molar-refractivity contribution in [2.24, 2.45) is 0 Å². The molecule has 0 unspecified atom stereocenters. The highest BCUT2D eigenvalue weighted by atomic mass is 35.5. The number of anilines is 2. The van der Waals surface area contributed by atoms with Gasteiger partial charge < -0.3 is 20.7 Å². The monoisotopic (exact) mass is 431 g/mol. The molecule has 1 saturated heterocycles. The summed E-state index contributed by atoms with van der Waals surface area (Å²) in [6.07, 6.45) is 4.02. The first-order valence-corrected chi connectivity index (χ1v) is 10.2. The highest BCUT2D eigenvalue weighted by Gasteiger charge is 2.20. The third-order valence-corrected chi connectivity index (χ3v) is 5.55. The number of urea groups is 1. The lowest BCUT2D eigenvalue weighted by Crippen LogP contribution is -2.34. The van der Waals surface area contributed by atoms with Crippen molar-refractivity contribution in [3.8, 4) is 5.69 Å². The van der Waals surface area contributed by atoms with E-state index in [1.54, 1.807) is 41.2 Å². The molecular weight excluding hydrogens is 414 g/mol. The third kappa shape index (κ3) is 4.76. The largest absolute Gasteiger partial charge is 0.379 e. The van der Waals surface area contributed by atoms with Crippen LogP contribution in [0.15, 0.2) is 48.1 Å². The molecule has 0 radical (unpaired) electrons. The summed E-state index contributed by atoms with van der Waals surface area (Å²) in [5.74, 6) is -0.124. The minimum absolute atomic E-state index is 0.0604. The van der Waals surface area contributed by atoms with Crippen molar-refractivity contribution in [2.75, 3.05) is 23.8 Å². The van der Waals surface area contributed by atoms with Gasteiger partial charge in [-0.1, -0.05) is 23.7 Å². The average molecular weight is 432 g/mol. The fourth-order valence-corrected chi connectivity index (χ4v) is 3.81. The van der Waals surface area contributed by atoms with Crippen LogP contribution in [0.5, 0.6) is 0 Å². The molecule has 2 aromatic heterocycles. The Labute approximate surface area is 175 Å². The topological polar surface area (TPSA) is 97.3 Å². The number of thiophene rings is 1. The van der Waals surface area contributed by atoms with Gasteiger partial charge in [0.05, 0.1) is 52.0 Å². The molecule has 0 aliphatic carbocycles. The minimum Gasteiger partial charge on any atom is -0.379 e. The smallest absolute Gasteiger partial charge is 0.323 e. The van der Waals surface area contributed by atoms with Crippen LogP contribution in [0.25, 0.3) is 5.69 Å². The maximum atomic E-state index is 12.3. The SMILES string of the molecule is O=C(Nc1cnn(-c2csc(C(=O)N[C@@H]3CCOC3)c2)c1)Nc1ccccc1Cl. The number of nitrogens with one attached hydrogen (secondary N) is 3. The predicted molar refractivity (Wildman–Crippen MR) is 112 cm³/mol. The number of halogens is 1. The molecule has 1 aromatic carbocycles. The van der Waals surface area contributed by atoms with E-state index >= 15 is 0 Å². The molecule has 3 N–H and O–H groups in total. The fraction of sp³-hybridized carbons (Fsp3) is 0.211. The quantitative estimate of drug-likeness (QED) is 0.573. The Balaban J connectivity index is 1.37. The lowest BCUT2D eigenvalue weighted by molar-refractivity contribution is 0.0934. The lowest BCUT2D eigenvalue weighted by atomic mass is 10.2. The van der Waals surface area contributed by atoms with Gasteiger partial charge in [0.15, 0.2) is 0 Å². The zero-order valence-electron chi connectivity index (χ0n) is 15.2. The van der Waals surface area contributed by atoms with Crippen LogP contribution in [0.4, 0.5) is 16.2 Å². The van der Waals surface area contributed by atoms with Crippen LogP contribution >= 0.6 is 22.9 Å². The van der Waals surface area contributed by atoms with Gasteiger partial charge in [0.25, 0.3) is 5.91 Å². The number of amides is 3. The zero-order chi connectivity index (χ0) is 20.2. The van der Waals surface area contributed by atoms with E-state index in [0.717, 1.165) is 12.1 Å². The number of ether oxygens (including phenoxy) is 1. The number of carbonyl (C=O) groups is 2. The van der Waals surface area contributed by atoms with Crippen molar-refractivity contribution >= 4 is 46.3 Å². The molecule has 1 fully saturated rings. The molecule has 1 aliphatic rings. The summed E-state index contributed by atoms with van der Waals surface area (Å²) < 4.78 is 6.87. The lowest BCUT2D eigenvalue weighted by Gasteiger charge is -2.08. The van der Waals surface area contributed by atoms with Gasteiger partial charge in [-0.15, -0.1) is 11.3 Å². The Bertz CT molecular complexity index is 1030. The Morgan fingerprint density at radius 2 is 2.14 bits per heavy atom. The van der Waals surface area contributed by atoms with E-state index in [1.807, 2.05) is 5.38 Å². The number of hydrogen-bond acceptors (Lipinski definition) is 5. The second kappa shape index (κ2) is 8.64. The zero-order valence-corrected chi connectivity index (χ0v) is 16.8. The molecule has 3 amide bonds. The number of aromatic nitrogens is 2. The third-order valence-electron chi connectivity index (χ3n) is 4.30. The van der Waals surface area contributed by atoms with E-state index in [9.17, 15) is 9.59 Å². The van der Waals surface area contributed by atoms with Crippen LogP contribution in [-0.2, 0) is 4.74 Å². The highest BCUT2D eigenvalue weighted by Crippen LogP contribution is 2.22. The van der Waals surface area contributed by atoms with Crippen LogP contribution in [0.1, 0.15) is 16.1 Å². The maximum Gasteiger partial charge on any atom is 0.323 e. The molecule has 0 bridgehead atoms. The minimum atomic E-state index is -0.429. The summed E-state index contributed by atoms with van der Waals surface area (Å²) in [5, 5.41) is 14.9. The van der Waals surface area contributed by atoms with Gasteiger partial charge in [-0.05, 0) is 24.6 Å². The first-order chi connectivity index (χ1) is 14.1. The van der Waals surface area contributed by atoms with Gasteiger partial charge in [-0.2, -0.15) is 5.10 Å². The van der Waals surface area contributed by atoms with Crippen molar-refractivity contribution in [1.82, 2.24) is 15.1 Å². The van der Waals surface area contributed by atoms with Gasteiger partial charge in [-0.3, -0.25) is 4.79 Å². The van der Waals surface area contributed by atoms with Crippen LogP contribution in [0.2, 0.25) is 5.02 Å². The summed E-state index contributed by atoms with van der Waals surface area (Å²) in [6, 6.07) is 8.36. The predicted octanol–water partition coefficient (Wildman–Crippen LogP) is 3.75. The number of carbonyl (C=O) groups excluding carboxylic acids is 2. The standard InChI is InChI=1S/C19H18ClN5O3S/c20-15-3-1-2-4-16(15)24-19(27)23-13-8-21-25(9-13)14-7-17(29-11-14)18(26)22-12-5-6-28-10-12/h1-4,7-9,11-12H,5-6,10H2,(H,22,26)(H2,23,24,27)/t12-/m1/s1. The molecule has 150 valence electrons. The van der Waals surface area contributed by atoms with Crippen molar-refractivity contribution in [2.45, 2.75) is 12.5 Å². The molecular formula is C19H18ClN5O3S. The Kier molecular flexibility index (Phi) is 5.79. The van der Waals surface area contributed by atoms with Crippen molar-refractivity contribution in [3.05, 3.63) is 58.0 Å². The van der Waals surface area contributed by atoms with Gasteiger partial charge in [0, 0.05) is 12.0 Å². The van der Waals surface area contributed by atoms with E-state index in [2.05, 4.69) is 21.0 Å². The molecule has 3 aromatic rings. The Morgan fingerprint density at radius 1 is 1.28 bits per heavy atom. The number of para-hydroxylation sites is 1. The summed E-state index contributed by atoms with van der Waals surface area (Å²) in [7, 11) is 0. The van der Waals surface area contributed by atoms with Gasteiger partial charge >= 0.3 is 6.03 Å². The van der Waals surface area contributed by atoms with Gasteiger partial charge in [0.1, 0.15) is 0 Å². The van der Waals surface area contributed by atoms with Gasteiger partial charge in [0.2, 0.25) is 0 Å². The van der Waals surface area contributed by atoms with E-state index < -0.39 is 6.03 Å². The van der Waals surface area contributed by atoms with Crippen LogP contribution in [0.3, 0.4) is 0 Å². The van der Waals surface area contributed by atoms with Crippen molar-refractivity contribution in [1.29, 1.82) is 0 Å². The number of rotatable bonds is 5. The molecule has 4 rings (SSSR count). The molecule has 10 heteroatoms. The summed E-state index contributed by atoms with van der Waals surface area (Å²) in [4.78, 5) is 25.1. The molecule has 0 saturated carbocycles. The summed E-state index contributed by atoms with van der Waals surface area (Å²) in [5.41, 5.74) is 1.76. The first-order valence-electron chi connectivity index (χ1n) is 8.93. The highest BCUT2D eigenvalue weighted by molar-refractivity contribution is 7.12. The maximum absolute atomic E-state index is 12.3. The van der Waals surface area contributed by atoms with E-state index in [4.69, 9.17) is 16.3 Å². The van der Waals surface area contributed by atoms with Crippen LogP contribution in [0, 0.1) is 0 Å². The van der Waals surface area contributed by atoms with Crippen molar-refractivity contribution < 1.29 is 14.3 Å². The normalized spacial score (nSPS) is 15.8. The number of nitrogens with zero attached hydrogens (tertiary/aromatic N) is 2. The second-order valence-corrected chi connectivity index (χ2v) is 7.75. The van der Waals surface area contributed by atoms with Crippen LogP contribution < -0.4 is 16.0 Å². The Morgan fingerprint density at radius 3 is 2.93 bits per heavy atom. The second-order valence-electron chi connectivity index (χ2n) is 6.44. The first kappa shape index (κ1) is 19.4. The number of hydrogen-bond donors (Lipinski definition) is 3. The summed E-state index contributed by atoms with van der Waals surface area (Å²) in [6.45, 7) is 1.22. The number of benzene rings is 1. The van der Waals surface area contributed by atoms with E-state index in [-0.39, 0.29) is 11.9 Å². The summed E-state index contributed by atoms with van der Waals surface area (Å²) >= 11 is 7.37. The van der Waals surface area contributed by atoms with Crippen LogP contribution in [-0.4, -0.2) is 41.0 Å². The molecule has 29 heavy (non-hydrogen) atoms. The molecule has 1 aliphatic heterocycles. The van der Waals surface area contributed by atoms with E-state index in [1.165, 1.54) is 17.5 Å². The molecule has 3 heterocycles. The van der Waals surface area contributed by atoms with Gasteiger partial charge in [-0.25, -0.2) is 9.48 Å². The fourth-order valence-electron chi connectivity index (χ4n) is 2.85. The van der Waals surface area contributed by atoms with E-state index in [0.29, 0.717) is 34.5 Å². The van der Waals surface area contributed by atoms with Crippen molar-refractivity contribution in [3.63, 3.8) is 0 Å². The Hall–Kier alpha value is -2.88. The molecule has 1 atom stereocenters. The molecule has 0 spiro atoms.